The van der Waals surface area contributed by atoms with E-state index in [1.165, 1.54) is 25.7 Å². The molecule has 2 N–H and O–H groups in total. The summed E-state index contributed by atoms with van der Waals surface area (Å²) in [5.74, 6) is 0.500. The molecule has 1 rings (SSSR count). The van der Waals surface area contributed by atoms with Crippen LogP contribution in [0.4, 0.5) is 0 Å². The summed E-state index contributed by atoms with van der Waals surface area (Å²) < 4.78 is 0. The number of rotatable bonds is 8. The Morgan fingerprint density at radius 2 is 1.71 bits per heavy atom. The molecular formula is C17H31NO3. The molecular weight excluding hydrogens is 266 g/mol. The Bertz CT molecular complexity index is 320. The lowest BCUT2D eigenvalue weighted by Crippen LogP contribution is -2.32. The van der Waals surface area contributed by atoms with Crippen LogP contribution in [0.3, 0.4) is 0 Å². The third kappa shape index (κ3) is 7.49. The van der Waals surface area contributed by atoms with Crippen molar-refractivity contribution in [1.82, 2.24) is 5.32 Å². The lowest BCUT2D eigenvalue weighted by atomic mass is 9.88. The number of amides is 1. The Morgan fingerprint density at radius 1 is 1.10 bits per heavy atom. The second-order valence-electron chi connectivity index (χ2n) is 6.70. The highest BCUT2D eigenvalue weighted by Gasteiger charge is 2.20. The number of hydrogen-bond acceptors (Lipinski definition) is 2. The first kappa shape index (κ1) is 18.0. The first-order valence-electron chi connectivity index (χ1n) is 8.50. The van der Waals surface area contributed by atoms with Crippen molar-refractivity contribution in [2.75, 3.05) is 6.54 Å². The fraction of sp³-hybridized carbons (Fsp3) is 0.882. The van der Waals surface area contributed by atoms with E-state index in [-0.39, 0.29) is 18.2 Å². The molecule has 4 heteroatoms. The molecule has 1 aliphatic carbocycles. The quantitative estimate of drug-likeness (QED) is 0.673. The minimum Gasteiger partial charge on any atom is -0.481 e. The number of carbonyl (C=O) groups excluding carboxylic acids is 1. The van der Waals surface area contributed by atoms with E-state index in [1.807, 2.05) is 0 Å². The van der Waals surface area contributed by atoms with E-state index < -0.39 is 5.97 Å². The summed E-state index contributed by atoms with van der Waals surface area (Å²) in [6.45, 7) is 4.93. The Labute approximate surface area is 128 Å². The van der Waals surface area contributed by atoms with Gasteiger partial charge in [-0.1, -0.05) is 39.5 Å². The molecule has 1 atom stereocenters. The number of carboxylic acid groups (broad SMARTS) is 1. The molecule has 0 saturated heterocycles. The first-order valence-corrected chi connectivity index (χ1v) is 8.50. The fourth-order valence-electron chi connectivity index (χ4n) is 3.19. The van der Waals surface area contributed by atoms with Crippen molar-refractivity contribution in [3.05, 3.63) is 0 Å². The molecule has 1 unspecified atom stereocenters. The normalized spacial score (nSPS) is 18.2. The van der Waals surface area contributed by atoms with E-state index in [1.54, 1.807) is 0 Å². The van der Waals surface area contributed by atoms with Gasteiger partial charge in [0.2, 0.25) is 5.91 Å². The van der Waals surface area contributed by atoms with Crippen LogP contribution in [0.25, 0.3) is 0 Å². The van der Waals surface area contributed by atoms with Crippen LogP contribution in [0.5, 0.6) is 0 Å². The molecule has 0 aromatic carbocycles. The largest absolute Gasteiger partial charge is 0.481 e. The van der Waals surface area contributed by atoms with Gasteiger partial charge < -0.3 is 10.4 Å². The van der Waals surface area contributed by atoms with Crippen LogP contribution in [0.1, 0.15) is 71.6 Å². The third-order valence-corrected chi connectivity index (χ3v) is 4.71. The summed E-state index contributed by atoms with van der Waals surface area (Å²) in [7, 11) is 0. The highest BCUT2D eigenvalue weighted by Crippen LogP contribution is 2.23. The van der Waals surface area contributed by atoms with E-state index in [2.05, 4.69) is 19.2 Å². The number of carboxylic acids is 1. The summed E-state index contributed by atoms with van der Waals surface area (Å²) in [5.41, 5.74) is 0. The first-order chi connectivity index (χ1) is 10.0. The van der Waals surface area contributed by atoms with Gasteiger partial charge in [-0.15, -0.1) is 0 Å². The minimum atomic E-state index is -0.733. The van der Waals surface area contributed by atoms with Gasteiger partial charge in [0.05, 0.1) is 0 Å². The van der Waals surface area contributed by atoms with Crippen molar-refractivity contribution < 1.29 is 14.7 Å². The van der Waals surface area contributed by atoms with Gasteiger partial charge in [0.25, 0.3) is 0 Å². The smallest absolute Gasteiger partial charge is 0.303 e. The van der Waals surface area contributed by atoms with Crippen LogP contribution in [-0.2, 0) is 9.59 Å². The third-order valence-electron chi connectivity index (χ3n) is 4.71. The van der Waals surface area contributed by atoms with Gasteiger partial charge in [-0.05, 0) is 37.5 Å². The zero-order valence-corrected chi connectivity index (χ0v) is 13.6. The monoisotopic (exact) mass is 297 g/mol. The molecule has 0 spiro atoms. The molecule has 0 aliphatic heterocycles. The predicted molar refractivity (Wildman–Crippen MR) is 84.0 cm³/mol. The highest BCUT2D eigenvalue weighted by atomic mass is 16.4. The molecule has 0 aromatic rings. The van der Waals surface area contributed by atoms with Crippen molar-refractivity contribution >= 4 is 11.9 Å². The topological polar surface area (TPSA) is 66.4 Å². The standard InChI is InChI=1S/C17H31NO3/c1-13(2)14(9-10-16(19)20)11-12-18-17(21)15-7-5-3-4-6-8-15/h13-15H,3-12H2,1-2H3,(H,18,21)(H,19,20). The van der Waals surface area contributed by atoms with Gasteiger partial charge in [0.15, 0.2) is 0 Å². The number of hydrogen-bond donors (Lipinski definition) is 2. The van der Waals surface area contributed by atoms with E-state index in [9.17, 15) is 9.59 Å². The Hall–Kier alpha value is -1.06. The van der Waals surface area contributed by atoms with Crippen molar-refractivity contribution in [2.45, 2.75) is 71.6 Å². The summed E-state index contributed by atoms with van der Waals surface area (Å²) in [6.07, 6.45) is 8.71. The zero-order chi connectivity index (χ0) is 15.7. The summed E-state index contributed by atoms with van der Waals surface area (Å²) in [4.78, 5) is 22.8. The average Bonchev–Trinajstić information content (AvgIpc) is 2.70. The maximum Gasteiger partial charge on any atom is 0.303 e. The molecule has 0 bridgehead atoms. The van der Waals surface area contributed by atoms with Crippen LogP contribution in [-0.4, -0.2) is 23.5 Å². The van der Waals surface area contributed by atoms with Crippen molar-refractivity contribution in [1.29, 1.82) is 0 Å². The molecule has 1 saturated carbocycles. The molecule has 1 fully saturated rings. The van der Waals surface area contributed by atoms with Gasteiger partial charge in [-0.2, -0.15) is 0 Å². The summed E-state index contributed by atoms with van der Waals surface area (Å²) in [5, 5.41) is 11.9. The Kier molecular flexibility index (Phi) is 8.40. The molecule has 0 heterocycles. The highest BCUT2D eigenvalue weighted by molar-refractivity contribution is 5.78. The lowest BCUT2D eigenvalue weighted by molar-refractivity contribution is -0.137. The average molecular weight is 297 g/mol. The number of aliphatic carboxylic acids is 1. The lowest BCUT2D eigenvalue weighted by Gasteiger charge is -2.21. The van der Waals surface area contributed by atoms with Gasteiger partial charge in [0, 0.05) is 18.9 Å². The van der Waals surface area contributed by atoms with Gasteiger partial charge >= 0.3 is 5.97 Å². The summed E-state index contributed by atoms with van der Waals surface area (Å²) >= 11 is 0. The molecule has 122 valence electrons. The number of nitrogens with one attached hydrogen (secondary N) is 1. The van der Waals surface area contributed by atoms with Gasteiger partial charge in [0.1, 0.15) is 0 Å². The van der Waals surface area contributed by atoms with Crippen LogP contribution in [0.15, 0.2) is 0 Å². The van der Waals surface area contributed by atoms with Crippen molar-refractivity contribution in [3.8, 4) is 0 Å². The molecule has 0 radical (unpaired) electrons. The predicted octanol–water partition coefficient (Wildman–Crippen LogP) is 3.60. The van der Waals surface area contributed by atoms with E-state index >= 15 is 0 Å². The van der Waals surface area contributed by atoms with E-state index in [0.717, 1.165) is 19.3 Å². The van der Waals surface area contributed by atoms with E-state index in [4.69, 9.17) is 5.11 Å². The van der Waals surface area contributed by atoms with Gasteiger partial charge in [-0.3, -0.25) is 9.59 Å². The second kappa shape index (κ2) is 9.80. The van der Waals surface area contributed by atoms with Crippen LogP contribution >= 0.6 is 0 Å². The molecule has 1 aliphatic rings. The number of carbonyl (C=O) groups is 2. The summed E-state index contributed by atoms with van der Waals surface area (Å²) in [6, 6.07) is 0. The Balaban J connectivity index is 2.28. The van der Waals surface area contributed by atoms with Crippen molar-refractivity contribution in [3.63, 3.8) is 0 Å². The SMILES string of the molecule is CC(C)C(CCNC(=O)C1CCCCCC1)CCC(=O)O. The maximum atomic E-state index is 12.2. The minimum absolute atomic E-state index is 0.198. The second-order valence-corrected chi connectivity index (χ2v) is 6.70. The molecule has 0 aromatic heterocycles. The Morgan fingerprint density at radius 3 is 2.24 bits per heavy atom. The van der Waals surface area contributed by atoms with Crippen LogP contribution in [0.2, 0.25) is 0 Å². The van der Waals surface area contributed by atoms with Crippen LogP contribution < -0.4 is 5.32 Å². The maximum absolute atomic E-state index is 12.2. The molecule has 21 heavy (non-hydrogen) atoms. The van der Waals surface area contributed by atoms with Crippen molar-refractivity contribution in [2.24, 2.45) is 17.8 Å². The van der Waals surface area contributed by atoms with Gasteiger partial charge in [-0.25, -0.2) is 0 Å². The zero-order valence-electron chi connectivity index (χ0n) is 13.6. The van der Waals surface area contributed by atoms with Crippen LogP contribution in [0, 0.1) is 17.8 Å². The molecule has 1 amide bonds. The molecule has 4 nitrogen and oxygen atoms in total. The fourth-order valence-corrected chi connectivity index (χ4v) is 3.19. The van der Waals surface area contributed by atoms with E-state index in [0.29, 0.717) is 24.8 Å².